The lowest BCUT2D eigenvalue weighted by atomic mass is 9.77. The number of pyridine rings is 1. The summed E-state index contributed by atoms with van der Waals surface area (Å²) in [5.41, 5.74) is -1.51. The molecule has 6 nitrogen and oxygen atoms in total. The minimum atomic E-state index is -3.54. The molecule has 0 fully saturated rings. The quantitative estimate of drug-likeness (QED) is 0.316. The van der Waals surface area contributed by atoms with Gasteiger partial charge >= 0.3 is 5.97 Å². The average Bonchev–Trinajstić information content (AvgIpc) is 2.85. The average molecular weight is 510 g/mol. The van der Waals surface area contributed by atoms with E-state index in [0.717, 1.165) is 12.7 Å². The van der Waals surface area contributed by atoms with Crippen molar-refractivity contribution in [3.05, 3.63) is 89.9 Å². The maximum Gasteiger partial charge on any atom is 0.335 e. The van der Waals surface area contributed by atoms with E-state index in [0.29, 0.717) is 11.3 Å². The van der Waals surface area contributed by atoms with Crippen LogP contribution in [0.15, 0.2) is 72.8 Å². The Bertz CT molecular complexity index is 1310. The van der Waals surface area contributed by atoms with Crippen molar-refractivity contribution in [2.24, 2.45) is 5.41 Å². The predicted octanol–water partition coefficient (Wildman–Crippen LogP) is 5.31. The summed E-state index contributed by atoms with van der Waals surface area (Å²) in [5.74, 6) is 3.39. The lowest BCUT2D eigenvalue weighted by Crippen LogP contribution is -2.56. The molecule has 0 amide bonds. The molecule has 0 aliphatic heterocycles. The molecule has 3 aromatic rings. The lowest BCUT2D eigenvalue weighted by molar-refractivity contribution is -0.146. The van der Waals surface area contributed by atoms with Crippen LogP contribution in [0.1, 0.15) is 32.0 Å². The molecule has 2 aromatic carbocycles. The van der Waals surface area contributed by atoms with Crippen molar-refractivity contribution in [3.8, 4) is 23.1 Å². The van der Waals surface area contributed by atoms with Gasteiger partial charge in [-0.2, -0.15) is 0 Å². The van der Waals surface area contributed by atoms with E-state index < -0.39 is 36.0 Å². The number of aromatic nitrogens is 1. The number of aliphatic carboxylic acids is 1. The molecule has 0 spiro atoms. The molecule has 188 valence electrons. The van der Waals surface area contributed by atoms with Crippen LogP contribution in [0.2, 0.25) is 0 Å². The standard InChI is InChI=1S/C28H29FNO5P/c1-26(2,3)17-18-28(25(31)32,36(34)35-4)27(33,19-20-13-15-22(29)16-14-20)24-12-8-11-23(30-24)21-9-6-5-7-10-21/h5-16,33,36H,19H2,1-4H3,(H,31,32). The van der Waals surface area contributed by atoms with Gasteiger partial charge in [-0.1, -0.05) is 60.4 Å². The maximum absolute atomic E-state index is 13.6. The minimum absolute atomic E-state index is 0.0470. The summed E-state index contributed by atoms with van der Waals surface area (Å²) >= 11 is 0. The number of carbonyl (C=O) groups is 1. The van der Waals surface area contributed by atoms with Crippen molar-refractivity contribution in [1.82, 2.24) is 4.98 Å². The largest absolute Gasteiger partial charge is 0.480 e. The van der Waals surface area contributed by atoms with E-state index in [1.165, 1.54) is 30.3 Å². The molecule has 3 unspecified atom stereocenters. The smallest absolute Gasteiger partial charge is 0.335 e. The third-order valence-corrected chi connectivity index (χ3v) is 7.41. The van der Waals surface area contributed by atoms with Gasteiger partial charge in [0.1, 0.15) is 11.4 Å². The Labute approximate surface area is 211 Å². The van der Waals surface area contributed by atoms with Crippen LogP contribution in [0, 0.1) is 23.1 Å². The van der Waals surface area contributed by atoms with Gasteiger partial charge in [0.05, 0.1) is 11.4 Å². The fourth-order valence-corrected chi connectivity index (χ4v) is 5.02. The van der Waals surface area contributed by atoms with Crippen LogP contribution in [0.4, 0.5) is 4.39 Å². The molecule has 8 heteroatoms. The van der Waals surface area contributed by atoms with Gasteiger partial charge in [-0.3, -0.25) is 4.57 Å². The van der Waals surface area contributed by atoms with Crippen LogP contribution < -0.4 is 0 Å². The molecule has 3 atom stereocenters. The van der Waals surface area contributed by atoms with E-state index >= 15 is 0 Å². The molecule has 0 aliphatic rings. The van der Waals surface area contributed by atoms with Crippen LogP contribution >= 0.6 is 8.03 Å². The number of aliphatic hydroxyl groups is 1. The van der Waals surface area contributed by atoms with Crippen LogP contribution in [-0.2, 0) is 25.9 Å². The highest BCUT2D eigenvalue weighted by molar-refractivity contribution is 7.43. The second-order valence-electron chi connectivity index (χ2n) is 9.48. The molecule has 1 heterocycles. The number of carboxylic acid groups (broad SMARTS) is 1. The fourth-order valence-electron chi connectivity index (χ4n) is 3.82. The van der Waals surface area contributed by atoms with Gasteiger partial charge in [0, 0.05) is 24.5 Å². The molecule has 3 rings (SSSR count). The minimum Gasteiger partial charge on any atom is -0.480 e. The van der Waals surface area contributed by atoms with Crippen molar-refractivity contribution in [1.29, 1.82) is 0 Å². The molecule has 0 radical (unpaired) electrons. The number of halogens is 1. The number of nitrogens with zero attached hydrogens (tertiary/aromatic N) is 1. The van der Waals surface area contributed by atoms with E-state index in [1.807, 2.05) is 30.3 Å². The van der Waals surface area contributed by atoms with E-state index in [9.17, 15) is 24.0 Å². The van der Waals surface area contributed by atoms with Gasteiger partial charge in [-0.05, 0) is 50.6 Å². The zero-order valence-corrected chi connectivity index (χ0v) is 21.6. The monoisotopic (exact) mass is 509 g/mol. The van der Waals surface area contributed by atoms with E-state index in [2.05, 4.69) is 16.8 Å². The third-order valence-electron chi connectivity index (χ3n) is 5.67. The summed E-state index contributed by atoms with van der Waals surface area (Å²) < 4.78 is 32.2. The Hall–Kier alpha value is -3.30. The van der Waals surface area contributed by atoms with Gasteiger partial charge in [-0.15, -0.1) is 0 Å². The van der Waals surface area contributed by atoms with E-state index in [4.69, 9.17) is 4.52 Å². The van der Waals surface area contributed by atoms with E-state index in [1.54, 1.807) is 32.9 Å². The van der Waals surface area contributed by atoms with Crippen LogP contribution in [0.3, 0.4) is 0 Å². The number of hydrogen-bond donors (Lipinski definition) is 2. The van der Waals surface area contributed by atoms with Crippen LogP contribution in [0.25, 0.3) is 11.3 Å². The number of benzene rings is 2. The number of carboxylic acids is 1. The summed E-state index contributed by atoms with van der Waals surface area (Å²) in [7, 11) is -2.43. The van der Waals surface area contributed by atoms with Gasteiger partial charge < -0.3 is 14.7 Å². The summed E-state index contributed by atoms with van der Waals surface area (Å²) in [6, 6.07) is 19.2. The van der Waals surface area contributed by atoms with Gasteiger partial charge in [-0.25, -0.2) is 14.2 Å². The molecular weight excluding hydrogens is 480 g/mol. The zero-order valence-electron chi connectivity index (χ0n) is 20.6. The Balaban J connectivity index is 2.37. The Morgan fingerprint density at radius 3 is 2.19 bits per heavy atom. The first kappa shape index (κ1) is 27.3. The maximum atomic E-state index is 13.6. The third kappa shape index (κ3) is 5.57. The van der Waals surface area contributed by atoms with E-state index in [-0.39, 0.29) is 12.1 Å². The summed E-state index contributed by atoms with van der Waals surface area (Å²) in [5, 5.41) is 20.3. The highest BCUT2D eigenvalue weighted by Gasteiger charge is 2.62. The van der Waals surface area contributed by atoms with Gasteiger partial charge in [0.15, 0.2) is 0 Å². The van der Waals surface area contributed by atoms with Crippen molar-refractivity contribution in [2.75, 3.05) is 7.11 Å². The van der Waals surface area contributed by atoms with Crippen molar-refractivity contribution >= 4 is 14.0 Å². The molecule has 36 heavy (non-hydrogen) atoms. The molecule has 0 bridgehead atoms. The normalized spacial score (nSPS) is 15.6. The van der Waals surface area contributed by atoms with Crippen molar-refractivity contribution < 1.29 is 28.5 Å². The summed E-state index contributed by atoms with van der Waals surface area (Å²) in [6.45, 7) is 5.30. The fraction of sp³-hybridized carbons (Fsp3) is 0.286. The second-order valence-corrected chi connectivity index (χ2v) is 11.2. The van der Waals surface area contributed by atoms with Crippen molar-refractivity contribution in [2.45, 2.75) is 37.9 Å². The molecule has 2 N–H and O–H groups in total. The Morgan fingerprint density at radius 2 is 1.64 bits per heavy atom. The van der Waals surface area contributed by atoms with Crippen LogP contribution in [-0.4, -0.2) is 33.4 Å². The highest BCUT2D eigenvalue weighted by atomic mass is 31.1. The first-order valence-corrected chi connectivity index (χ1v) is 12.6. The second kappa shape index (κ2) is 10.8. The van der Waals surface area contributed by atoms with Crippen molar-refractivity contribution in [3.63, 3.8) is 0 Å². The predicted molar refractivity (Wildman–Crippen MR) is 137 cm³/mol. The topological polar surface area (TPSA) is 96.7 Å². The highest BCUT2D eigenvalue weighted by Crippen LogP contribution is 2.53. The molecule has 0 saturated carbocycles. The molecular formula is C28H29FNO5P. The first-order valence-electron chi connectivity index (χ1n) is 11.3. The first-order chi connectivity index (χ1) is 16.9. The molecule has 0 saturated heterocycles. The summed E-state index contributed by atoms with van der Waals surface area (Å²) in [4.78, 5) is 17.6. The lowest BCUT2D eigenvalue weighted by Gasteiger charge is -2.40. The number of rotatable bonds is 8. The molecule has 0 aliphatic carbocycles. The van der Waals surface area contributed by atoms with Crippen LogP contribution in [0.5, 0.6) is 0 Å². The zero-order chi connectivity index (χ0) is 26.6. The molecule has 1 aromatic heterocycles. The SMILES string of the molecule is CO[PH](=O)C(C#CC(C)(C)C)(C(=O)O)C(O)(Cc1ccc(F)cc1)c1cccc(-c2ccccc2)n1. The van der Waals surface area contributed by atoms with Gasteiger partial charge in [0.25, 0.3) is 0 Å². The number of hydrogen-bond acceptors (Lipinski definition) is 5. The Kier molecular flexibility index (Phi) is 8.15. The van der Waals surface area contributed by atoms with Gasteiger partial charge in [0.2, 0.25) is 13.2 Å². The summed E-state index contributed by atoms with van der Waals surface area (Å²) in [6.07, 6.45) is -0.358. The Morgan fingerprint density at radius 1 is 1.00 bits per heavy atom.